The van der Waals surface area contributed by atoms with E-state index in [1.54, 1.807) is 0 Å². The van der Waals surface area contributed by atoms with Crippen molar-refractivity contribution in [3.8, 4) is 0 Å². The largest absolute Gasteiger partial charge is 0.384 e. The van der Waals surface area contributed by atoms with Crippen LogP contribution in [0.3, 0.4) is 0 Å². The van der Waals surface area contributed by atoms with E-state index in [9.17, 15) is 4.79 Å². The Hall–Kier alpha value is -2.30. The summed E-state index contributed by atoms with van der Waals surface area (Å²) < 4.78 is 0. The number of nitrogens with one attached hydrogen (secondary N) is 3. The molecule has 0 radical (unpaired) electrons. The SMILES string of the molecule is Cc1cc(NC(=O)C2CNc3ccccc3C2)n[nH]1. The fourth-order valence-electron chi connectivity index (χ4n) is 2.34. The summed E-state index contributed by atoms with van der Waals surface area (Å²) in [5.41, 5.74) is 3.25. The Balaban J connectivity index is 1.69. The van der Waals surface area contributed by atoms with Crippen LogP contribution in [0.25, 0.3) is 0 Å². The molecule has 5 nitrogen and oxygen atoms in total. The first-order chi connectivity index (χ1) is 9.22. The molecule has 19 heavy (non-hydrogen) atoms. The number of hydrogen-bond donors (Lipinski definition) is 3. The van der Waals surface area contributed by atoms with Crippen LogP contribution >= 0.6 is 0 Å². The summed E-state index contributed by atoms with van der Waals surface area (Å²) in [7, 11) is 0. The topological polar surface area (TPSA) is 69.8 Å². The van der Waals surface area contributed by atoms with Crippen LogP contribution in [0.2, 0.25) is 0 Å². The minimum Gasteiger partial charge on any atom is -0.384 e. The number of aromatic amines is 1. The zero-order valence-corrected chi connectivity index (χ0v) is 10.7. The zero-order chi connectivity index (χ0) is 13.2. The molecule has 1 unspecified atom stereocenters. The number of carbonyl (C=O) groups excluding carboxylic acids is 1. The molecule has 1 aromatic carbocycles. The number of carbonyl (C=O) groups is 1. The van der Waals surface area contributed by atoms with E-state index in [1.165, 1.54) is 5.56 Å². The van der Waals surface area contributed by atoms with Crippen LogP contribution in [0, 0.1) is 12.8 Å². The Labute approximate surface area is 111 Å². The molecular formula is C14H16N4O. The summed E-state index contributed by atoms with van der Waals surface area (Å²) in [6.07, 6.45) is 0.762. The molecule has 3 N–H and O–H groups in total. The molecule has 2 aromatic rings. The molecule has 0 bridgehead atoms. The van der Waals surface area contributed by atoms with Crippen molar-refractivity contribution in [3.05, 3.63) is 41.6 Å². The van der Waals surface area contributed by atoms with E-state index in [4.69, 9.17) is 0 Å². The van der Waals surface area contributed by atoms with Gasteiger partial charge in [0, 0.05) is 24.0 Å². The number of benzene rings is 1. The van der Waals surface area contributed by atoms with Gasteiger partial charge in [0.05, 0.1) is 5.92 Å². The van der Waals surface area contributed by atoms with E-state index in [-0.39, 0.29) is 11.8 Å². The maximum absolute atomic E-state index is 12.2. The van der Waals surface area contributed by atoms with E-state index in [1.807, 2.05) is 31.2 Å². The summed E-state index contributed by atoms with van der Waals surface area (Å²) in [6, 6.07) is 9.92. The molecule has 0 aliphatic carbocycles. The number of aromatic nitrogens is 2. The first-order valence-electron chi connectivity index (χ1n) is 6.37. The predicted molar refractivity (Wildman–Crippen MR) is 74.1 cm³/mol. The molecule has 1 amide bonds. The highest BCUT2D eigenvalue weighted by molar-refractivity contribution is 5.92. The fourth-order valence-corrected chi connectivity index (χ4v) is 2.34. The van der Waals surface area contributed by atoms with Gasteiger partial charge in [-0.05, 0) is 25.0 Å². The van der Waals surface area contributed by atoms with Crippen LogP contribution in [-0.4, -0.2) is 22.6 Å². The second-order valence-corrected chi connectivity index (χ2v) is 4.86. The smallest absolute Gasteiger partial charge is 0.230 e. The van der Waals surface area contributed by atoms with Gasteiger partial charge in [0.15, 0.2) is 5.82 Å². The van der Waals surface area contributed by atoms with Crippen LogP contribution in [0.5, 0.6) is 0 Å². The second-order valence-electron chi connectivity index (χ2n) is 4.86. The molecule has 3 rings (SSSR count). The molecule has 1 aliphatic rings. The maximum atomic E-state index is 12.2. The number of hydrogen-bond acceptors (Lipinski definition) is 3. The van der Waals surface area contributed by atoms with Crippen LogP contribution in [-0.2, 0) is 11.2 Å². The zero-order valence-electron chi connectivity index (χ0n) is 10.7. The average molecular weight is 256 g/mol. The Morgan fingerprint density at radius 2 is 2.26 bits per heavy atom. The van der Waals surface area contributed by atoms with Crippen molar-refractivity contribution >= 4 is 17.4 Å². The minimum absolute atomic E-state index is 0.00787. The molecule has 0 fully saturated rings. The average Bonchev–Trinajstić information content (AvgIpc) is 2.83. The van der Waals surface area contributed by atoms with Crippen LogP contribution < -0.4 is 10.6 Å². The van der Waals surface area contributed by atoms with Gasteiger partial charge in [0.1, 0.15) is 0 Å². The highest BCUT2D eigenvalue weighted by atomic mass is 16.2. The third-order valence-electron chi connectivity index (χ3n) is 3.35. The molecule has 2 heterocycles. The molecule has 1 aromatic heterocycles. The number of para-hydroxylation sites is 1. The van der Waals surface area contributed by atoms with Crippen molar-refractivity contribution in [1.82, 2.24) is 10.2 Å². The van der Waals surface area contributed by atoms with E-state index in [2.05, 4.69) is 26.9 Å². The summed E-state index contributed by atoms with van der Waals surface area (Å²) in [5, 5.41) is 13.0. The van der Waals surface area contributed by atoms with E-state index in [0.29, 0.717) is 12.4 Å². The number of fused-ring (bicyclic) bond motifs is 1. The van der Waals surface area contributed by atoms with Gasteiger partial charge in [-0.1, -0.05) is 18.2 Å². The first-order valence-corrected chi connectivity index (χ1v) is 6.37. The van der Waals surface area contributed by atoms with Gasteiger partial charge >= 0.3 is 0 Å². The van der Waals surface area contributed by atoms with Gasteiger partial charge in [0.25, 0.3) is 0 Å². The Bertz CT molecular complexity index is 605. The van der Waals surface area contributed by atoms with Crippen LogP contribution in [0.4, 0.5) is 11.5 Å². The molecule has 1 aliphatic heterocycles. The normalized spacial score (nSPS) is 17.4. The van der Waals surface area contributed by atoms with Crippen molar-refractivity contribution in [1.29, 1.82) is 0 Å². The lowest BCUT2D eigenvalue weighted by Crippen LogP contribution is -2.33. The fraction of sp³-hybridized carbons (Fsp3) is 0.286. The second kappa shape index (κ2) is 4.76. The number of nitrogens with zero attached hydrogens (tertiary/aromatic N) is 1. The maximum Gasteiger partial charge on any atom is 0.230 e. The molecule has 0 saturated heterocycles. The van der Waals surface area contributed by atoms with Crippen molar-refractivity contribution in [2.45, 2.75) is 13.3 Å². The Morgan fingerprint density at radius 3 is 3.05 bits per heavy atom. The molecule has 1 atom stereocenters. The van der Waals surface area contributed by atoms with Crippen LogP contribution in [0.1, 0.15) is 11.3 Å². The predicted octanol–water partition coefficient (Wildman–Crippen LogP) is 1.94. The van der Waals surface area contributed by atoms with Gasteiger partial charge in [-0.15, -0.1) is 0 Å². The molecule has 5 heteroatoms. The molecule has 98 valence electrons. The Kier molecular flexibility index (Phi) is 2.95. The van der Waals surface area contributed by atoms with E-state index in [0.717, 1.165) is 17.8 Å². The molecule has 0 spiro atoms. The standard InChI is InChI=1S/C14H16N4O/c1-9-6-13(18-17-9)16-14(19)11-7-10-4-2-3-5-12(10)15-8-11/h2-6,11,15H,7-8H2,1H3,(H2,16,17,18,19). The number of aryl methyl sites for hydroxylation is 1. The monoisotopic (exact) mass is 256 g/mol. The highest BCUT2D eigenvalue weighted by Crippen LogP contribution is 2.24. The van der Waals surface area contributed by atoms with Gasteiger partial charge in [-0.2, -0.15) is 5.10 Å². The molecular weight excluding hydrogens is 240 g/mol. The van der Waals surface area contributed by atoms with Gasteiger partial charge in [-0.3, -0.25) is 9.89 Å². The Morgan fingerprint density at radius 1 is 1.42 bits per heavy atom. The number of rotatable bonds is 2. The number of H-pyrrole nitrogens is 1. The van der Waals surface area contributed by atoms with Gasteiger partial charge < -0.3 is 10.6 Å². The van der Waals surface area contributed by atoms with Crippen molar-refractivity contribution in [2.75, 3.05) is 17.2 Å². The lowest BCUT2D eigenvalue weighted by Gasteiger charge is -2.24. The third-order valence-corrected chi connectivity index (χ3v) is 3.35. The minimum atomic E-state index is -0.0630. The number of amides is 1. The quantitative estimate of drug-likeness (QED) is 0.769. The third kappa shape index (κ3) is 2.45. The van der Waals surface area contributed by atoms with Crippen molar-refractivity contribution in [3.63, 3.8) is 0 Å². The van der Waals surface area contributed by atoms with Crippen LogP contribution in [0.15, 0.2) is 30.3 Å². The lowest BCUT2D eigenvalue weighted by atomic mass is 9.93. The van der Waals surface area contributed by atoms with Gasteiger partial charge in [0.2, 0.25) is 5.91 Å². The summed E-state index contributed by atoms with van der Waals surface area (Å²) in [5.74, 6) is 0.529. The van der Waals surface area contributed by atoms with E-state index >= 15 is 0 Å². The summed E-state index contributed by atoms with van der Waals surface area (Å²) in [4.78, 5) is 12.2. The highest BCUT2D eigenvalue weighted by Gasteiger charge is 2.24. The van der Waals surface area contributed by atoms with Gasteiger partial charge in [-0.25, -0.2) is 0 Å². The first kappa shape index (κ1) is 11.8. The van der Waals surface area contributed by atoms with Crippen molar-refractivity contribution < 1.29 is 4.79 Å². The summed E-state index contributed by atoms with van der Waals surface area (Å²) >= 11 is 0. The van der Waals surface area contributed by atoms with Crippen molar-refractivity contribution in [2.24, 2.45) is 5.92 Å². The lowest BCUT2D eigenvalue weighted by molar-refractivity contribution is -0.119. The number of anilines is 2. The molecule has 0 saturated carbocycles. The van der Waals surface area contributed by atoms with E-state index < -0.39 is 0 Å². The summed E-state index contributed by atoms with van der Waals surface area (Å²) in [6.45, 7) is 2.56.